The molecule has 3 rings (SSSR count). The van der Waals surface area contributed by atoms with E-state index in [2.05, 4.69) is 5.32 Å². The smallest absolute Gasteiger partial charge is 0.243 e. The molecule has 0 spiro atoms. The van der Waals surface area contributed by atoms with Gasteiger partial charge in [-0.25, -0.2) is 8.42 Å². The van der Waals surface area contributed by atoms with Crippen LogP contribution in [0.2, 0.25) is 0 Å². The second-order valence-electron chi connectivity index (χ2n) is 6.69. The Labute approximate surface area is 160 Å². The summed E-state index contributed by atoms with van der Waals surface area (Å²) in [6, 6.07) is 18.2. The molecule has 1 amide bonds. The molecule has 0 saturated carbocycles. The Bertz CT molecular complexity index is 849. The van der Waals surface area contributed by atoms with Crippen molar-refractivity contribution in [2.24, 2.45) is 0 Å². The second kappa shape index (κ2) is 8.65. The summed E-state index contributed by atoms with van der Waals surface area (Å²) in [5, 5.41) is 3.00. The van der Waals surface area contributed by atoms with Crippen molar-refractivity contribution in [1.82, 2.24) is 14.5 Å². The summed E-state index contributed by atoms with van der Waals surface area (Å²) in [6.45, 7) is 4.09. The molecule has 1 atom stereocenters. The number of piperazine rings is 1. The minimum absolute atomic E-state index is 0.0503. The van der Waals surface area contributed by atoms with Gasteiger partial charge in [0.2, 0.25) is 15.9 Å². The Morgan fingerprint density at radius 2 is 1.52 bits per heavy atom. The van der Waals surface area contributed by atoms with Crippen LogP contribution < -0.4 is 5.32 Å². The third-order valence-electron chi connectivity index (χ3n) is 4.76. The first-order chi connectivity index (χ1) is 13.0. The van der Waals surface area contributed by atoms with Crippen LogP contribution in [0.1, 0.15) is 18.5 Å². The predicted octanol–water partition coefficient (Wildman–Crippen LogP) is 1.87. The number of amides is 1. The number of hydrogen-bond donors (Lipinski definition) is 1. The number of benzene rings is 2. The summed E-state index contributed by atoms with van der Waals surface area (Å²) >= 11 is 0. The Hall–Kier alpha value is -2.22. The highest BCUT2D eigenvalue weighted by atomic mass is 32.2. The molecule has 1 unspecified atom stereocenters. The Morgan fingerprint density at radius 1 is 0.963 bits per heavy atom. The maximum Gasteiger partial charge on any atom is 0.243 e. The minimum Gasteiger partial charge on any atom is -0.348 e. The van der Waals surface area contributed by atoms with E-state index in [1.54, 1.807) is 30.3 Å². The fraction of sp³-hybridized carbons (Fsp3) is 0.350. The van der Waals surface area contributed by atoms with Crippen LogP contribution in [0.5, 0.6) is 0 Å². The summed E-state index contributed by atoms with van der Waals surface area (Å²) in [6.07, 6.45) is 0. The lowest BCUT2D eigenvalue weighted by Crippen LogP contribution is -2.51. The Balaban J connectivity index is 1.50. The van der Waals surface area contributed by atoms with Gasteiger partial charge in [0.15, 0.2) is 0 Å². The zero-order chi connectivity index (χ0) is 19.3. The number of carbonyl (C=O) groups excluding carboxylic acids is 1. The van der Waals surface area contributed by atoms with Gasteiger partial charge < -0.3 is 5.32 Å². The molecule has 27 heavy (non-hydrogen) atoms. The van der Waals surface area contributed by atoms with E-state index in [9.17, 15) is 13.2 Å². The third-order valence-corrected chi connectivity index (χ3v) is 6.67. The van der Waals surface area contributed by atoms with Crippen LogP contribution in [0.4, 0.5) is 0 Å². The Kier molecular flexibility index (Phi) is 6.26. The van der Waals surface area contributed by atoms with Crippen LogP contribution in [0.15, 0.2) is 65.6 Å². The second-order valence-corrected chi connectivity index (χ2v) is 8.63. The topological polar surface area (TPSA) is 69.7 Å². The molecule has 1 heterocycles. The molecule has 7 heteroatoms. The molecule has 1 saturated heterocycles. The van der Waals surface area contributed by atoms with Crippen molar-refractivity contribution in [3.05, 3.63) is 66.2 Å². The van der Waals surface area contributed by atoms with Gasteiger partial charge in [-0.2, -0.15) is 4.31 Å². The van der Waals surface area contributed by atoms with E-state index in [-0.39, 0.29) is 18.5 Å². The standard InChI is InChI=1S/C20H25N3O3S/c1-17(18-8-4-2-5-9-18)21-20(24)16-22-12-14-23(15-13-22)27(25,26)19-10-6-3-7-11-19/h2-11,17H,12-16H2,1H3,(H,21,24). The zero-order valence-corrected chi connectivity index (χ0v) is 16.2. The molecular formula is C20H25N3O3S. The van der Waals surface area contributed by atoms with Crippen LogP contribution in [0, 0.1) is 0 Å². The number of hydrogen-bond acceptors (Lipinski definition) is 4. The summed E-state index contributed by atoms with van der Waals surface area (Å²) in [4.78, 5) is 14.6. The van der Waals surface area contributed by atoms with Gasteiger partial charge >= 0.3 is 0 Å². The monoisotopic (exact) mass is 387 g/mol. The third kappa shape index (κ3) is 4.94. The van der Waals surface area contributed by atoms with Gasteiger partial charge in [0.1, 0.15) is 0 Å². The van der Waals surface area contributed by atoms with E-state index in [1.807, 2.05) is 42.2 Å². The van der Waals surface area contributed by atoms with Gasteiger partial charge in [-0.3, -0.25) is 9.69 Å². The molecule has 0 bridgehead atoms. The molecule has 6 nitrogen and oxygen atoms in total. The highest BCUT2D eigenvalue weighted by molar-refractivity contribution is 7.89. The minimum atomic E-state index is -3.46. The molecule has 144 valence electrons. The lowest BCUT2D eigenvalue weighted by atomic mass is 10.1. The number of carbonyl (C=O) groups is 1. The number of rotatable bonds is 6. The van der Waals surface area contributed by atoms with Gasteiger partial charge in [0.05, 0.1) is 17.5 Å². The lowest BCUT2D eigenvalue weighted by Gasteiger charge is -2.33. The predicted molar refractivity (Wildman–Crippen MR) is 105 cm³/mol. The molecule has 0 radical (unpaired) electrons. The molecule has 1 aliphatic rings. The SMILES string of the molecule is CC(NC(=O)CN1CCN(S(=O)(=O)c2ccccc2)CC1)c1ccccc1. The van der Waals surface area contributed by atoms with Crippen LogP contribution in [-0.4, -0.2) is 56.3 Å². The van der Waals surface area contributed by atoms with Gasteiger partial charge in [-0.1, -0.05) is 48.5 Å². The molecule has 1 aliphatic heterocycles. The molecule has 0 aromatic heterocycles. The fourth-order valence-electron chi connectivity index (χ4n) is 3.18. The van der Waals surface area contributed by atoms with E-state index >= 15 is 0 Å². The molecule has 1 N–H and O–H groups in total. The van der Waals surface area contributed by atoms with Gasteiger partial charge in [0, 0.05) is 26.2 Å². The molecule has 0 aliphatic carbocycles. The van der Waals surface area contributed by atoms with Crippen molar-refractivity contribution in [2.75, 3.05) is 32.7 Å². The van der Waals surface area contributed by atoms with Crippen molar-refractivity contribution < 1.29 is 13.2 Å². The van der Waals surface area contributed by atoms with Gasteiger partial charge in [-0.15, -0.1) is 0 Å². The van der Waals surface area contributed by atoms with E-state index < -0.39 is 10.0 Å². The van der Waals surface area contributed by atoms with Crippen molar-refractivity contribution in [1.29, 1.82) is 0 Å². The van der Waals surface area contributed by atoms with E-state index in [0.717, 1.165) is 5.56 Å². The largest absolute Gasteiger partial charge is 0.348 e. The van der Waals surface area contributed by atoms with E-state index in [4.69, 9.17) is 0 Å². The Morgan fingerprint density at radius 3 is 2.11 bits per heavy atom. The summed E-state index contributed by atoms with van der Waals surface area (Å²) in [5.74, 6) is -0.0503. The average Bonchev–Trinajstić information content (AvgIpc) is 2.69. The lowest BCUT2D eigenvalue weighted by molar-refractivity contribution is -0.123. The highest BCUT2D eigenvalue weighted by Gasteiger charge is 2.29. The van der Waals surface area contributed by atoms with Crippen LogP contribution in [-0.2, 0) is 14.8 Å². The van der Waals surface area contributed by atoms with Gasteiger partial charge in [-0.05, 0) is 24.6 Å². The van der Waals surface area contributed by atoms with Crippen LogP contribution >= 0.6 is 0 Å². The first-order valence-corrected chi connectivity index (χ1v) is 10.5. The summed E-state index contributed by atoms with van der Waals surface area (Å²) in [5.41, 5.74) is 1.06. The normalized spacial score (nSPS) is 17.4. The number of sulfonamides is 1. The fourth-order valence-corrected chi connectivity index (χ4v) is 4.63. The quantitative estimate of drug-likeness (QED) is 0.822. The van der Waals surface area contributed by atoms with Crippen molar-refractivity contribution >= 4 is 15.9 Å². The average molecular weight is 388 g/mol. The molecule has 1 fully saturated rings. The highest BCUT2D eigenvalue weighted by Crippen LogP contribution is 2.17. The summed E-state index contributed by atoms with van der Waals surface area (Å²) in [7, 11) is -3.46. The molecule has 2 aromatic carbocycles. The molecule has 2 aromatic rings. The maximum absolute atomic E-state index is 12.6. The number of nitrogens with one attached hydrogen (secondary N) is 1. The maximum atomic E-state index is 12.6. The zero-order valence-electron chi connectivity index (χ0n) is 15.4. The van der Waals surface area contributed by atoms with Crippen molar-refractivity contribution in [3.63, 3.8) is 0 Å². The first-order valence-electron chi connectivity index (χ1n) is 9.08. The van der Waals surface area contributed by atoms with Crippen molar-refractivity contribution in [2.45, 2.75) is 17.9 Å². The summed E-state index contributed by atoms with van der Waals surface area (Å²) < 4.78 is 26.8. The first kappa shape index (κ1) is 19.5. The van der Waals surface area contributed by atoms with Gasteiger partial charge in [0.25, 0.3) is 0 Å². The van der Waals surface area contributed by atoms with Crippen LogP contribution in [0.3, 0.4) is 0 Å². The van der Waals surface area contributed by atoms with E-state index in [1.165, 1.54) is 4.31 Å². The van der Waals surface area contributed by atoms with Crippen LogP contribution in [0.25, 0.3) is 0 Å². The van der Waals surface area contributed by atoms with Crippen molar-refractivity contribution in [3.8, 4) is 0 Å². The number of nitrogens with zero attached hydrogens (tertiary/aromatic N) is 2. The molecular weight excluding hydrogens is 362 g/mol. The van der Waals surface area contributed by atoms with E-state index in [0.29, 0.717) is 31.1 Å².